The normalized spacial score (nSPS) is 12.7. The summed E-state index contributed by atoms with van der Waals surface area (Å²) in [5.41, 5.74) is 0.753. The van der Waals surface area contributed by atoms with Crippen LogP contribution in [-0.4, -0.2) is 55.6 Å². The lowest BCUT2D eigenvalue weighted by atomic mass is 10.3. The van der Waals surface area contributed by atoms with Crippen LogP contribution in [0.1, 0.15) is 6.92 Å². The van der Waals surface area contributed by atoms with E-state index in [0.29, 0.717) is 4.80 Å². The van der Waals surface area contributed by atoms with E-state index in [1.54, 1.807) is 11.5 Å². The van der Waals surface area contributed by atoms with E-state index in [9.17, 15) is 18.0 Å². The number of esters is 1. The van der Waals surface area contributed by atoms with E-state index >= 15 is 0 Å². The molecule has 0 unspecified atom stereocenters. The minimum absolute atomic E-state index is 0.0775. The molecule has 8 nitrogen and oxygen atoms in total. The van der Waals surface area contributed by atoms with Crippen LogP contribution in [0.3, 0.4) is 0 Å². The van der Waals surface area contributed by atoms with E-state index < -0.39 is 21.9 Å². The van der Waals surface area contributed by atoms with E-state index in [0.717, 1.165) is 20.8 Å². The SMILES string of the molecule is CCOC(=O)Cn1c(=NC(=O)CN(C)S(C)(=O)=O)sc2ccccc21. The summed E-state index contributed by atoms with van der Waals surface area (Å²) < 4.78 is 31.2. The summed E-state index contributed by atoms with van der Waals surface area (Å²) in [6.07, 6.45) is 1.01. The van der Waals surface area contributed by atoms with Crippen molar-refractivity contribution < 1.29 is 22.7 Å². The fourth-order valence-corrected chi connectivity index (χ4v) is 3.44. The number of amides is 1. The lowest BCUT2D eigenvalue weighted by molar-refractivity contribution is -0.143. The van der Waals surface area contributed by atoms with Crippen LogP contribution in [0.2, 0.25) is 0 Å². The van der Waals surface area contributed by atoms with Gasteiger partial charge < -0.3 is 9.30 Å². The molecule has 0 radical (unpaired) electrons. The third kappa shape index (κ3) is 4.97. The van der Waals surface area contributed by atoms with Gasteiger partial charge in [0.05, 0.1) is 29.6 Å². The Hall–Kier alpha value is -2.04. The molecule has 0 aliphatic heterocycles. The zero-order valence-electron chi connectivity index (χ0n) is 14.1. The zero-order chi connectivity index (χ0) is 18.6. The molecule has 10 heteroatoms. The summed E-state index contributed by atoms with van der Waals surface area (Å²) >= 11 is 1.25. The average molecular weight is 385 g/mol. The number of benzene rings is 1. The van der Waals surface area contributed by atoms with Crippen molar-refractivity contribution in [2.45, 2.75) is 13.5 Å². The topological polar surface area (TPSA) is 98.0 Å². The van der Waals surface area contributed by atoms with Crippen LogP contribution in [0, 0.1) is 0 Å². The summed E-state index contributed by atoms with van der Waals surface area (Å²) in [7, 11) is -2.17. The lowest BCUT2D eigenvalue weighted by Gasteiger charge is -2.10. The van der Waals surface area contributed by atoms with Gasteiger partial charge in [-0.3, -0.25) is 9.59 Å². The van der Waals surface area contributed by atoms with Crippen molar-refractivity contribution in [3.63, 3.8) is 0 Å². The number of nitrogens with zero attached hydrogens (tertiary/aromatic N) is 3. The van der Waals surface area contributed by atoms with Crippen molar-refractivity contribution in [2.24, 2.45) is 4.99 Å². The van der Waals surface area contributed by atoms with Gasteiger partial charge in [-0.1, -0.05) is 23.5 Å². The standard InChI is InChI=1S/C15H19N3O5S2/c1-4-23-14(20)10-18-11-7-5-6-8-12(11)24-15(18)16-13(19)9-17(2)25(3,21)22/h5-8H,4,9-10H2,1-3H3. The van der Waals surface area contributed by atoms with Gasteiger partial charge in [0.2, 0.25) is 10.0 Å². The van der Waals surface area contributed by atoms with Crippen LogP contribution in [-0.2, 0) is 30.9 Å². The maximum Gasteiger partial charge on any atom is 0.326 e. The Morgan fingerprint density at radius 3 is 2.64 bits per heavy atom. The summed E-state index contributed by atoms with van der Waals surface area (Å²) in [5.74, 6) is -1.05. The highest BCUT2D eigenvalue weighted by atomic mass is 32.2. The van der Waals surface area contributed by atoms with Crippen LogP contribution in [0.5, 0.6) is 0 Å². The van der Waals surface area contributed by atoms with E-state index in [1.807, 2.05) is 24.3 Å². The maximum absolute atomic E-state index is 12.1. The Labute approximate surface area is 149 Å². The third-order valence-corrected chi connectivity index (χ3v) is 5.65. The molecule has 0 aliphatic rings. The van der Waals surface area contributed by atoms with Gasteiger partial charge in [0, 0.05) is 7.05 Å². The second-order valence-electron chi connectivity index (χ2n) is 5.27. The average Bonchev–Trinajstić information content (AvgIpc) is 2.84. The van der Waals surface area contributed by atoms with Crippen LogP contribution < -0.4 is 4.80 Å². The fraction of sp³-hybridized carbons (Fsp3) is 0.400. The number of hydrogen-bond acceptors (Lipinski definition) is 6. The van der Waals surface area contributed by atoms with Crippen molar-refractivity contribution in [2.75, 3.05) is 26.5 Å². The van der Waals surface area contributed by atoms with E-state index in [2.05, 4.69) is 4.99 Å². The smallest absolute Gasteiger partial charge is 0.326 e. The zero-order valence-corrected chi connectivity index (χ0v) is 15.8. The summed E-state index contributed by atoms with van der Waals surface area (Å²) in [6.45, 7) is 1.52. The predicted molar refractivity (Wildman–Crippen MR) is 94.5 cm³/mol. The second kappa shape index (κ2) is 7.89. The highest BCUT2D eigenvalue weighted by molar-refractivity contribution is 7.88. The molecule has 0 N–H and O–H groups in total. The lowest BCUT2D eigenvalue weighted by Crippen LogP contribution is -2.32. The van der Waals surface area contributed by atoms with E-state index in [4.69, 9.17) is 4.74 Å². The second-order valence-corrected chi connectivity index (χ2v) is 8.37. The van der Waals surface area contributed by atoms with Crippen LogP contribution in [0.25, 0.3) is 10.2 Å². The van der Waals surface area contributed by atoms with Crippen LogP contribution in [0.4, 0.5) is 0 Å². The molecule has 2 aromatic rings. The number of ether oxygens (including phenoxy) is 1. The van der Waals surface area contributed by atoms with E-state index in [-0.39, 0.29) is 19.7 Å². The van der Waals surface area contributed by atoms with Gasteiger partial charge in [0.1, 0.15) is 6.54 Å². The minimum atomic E-state index is -3.48. The number of thiazole rings is 1. The third-order valence-electron chi connectivity index (χ3n) is 3.33. The molecule has 25 heavy (non-hydrogen) atoms. The summed E-state index contributed by atoms with van der Waals surface area (Å²) in [4.78, 5) is 28.3. The van der Waals surface area contributed by atoms with E-state index in [1.165, 1.54) is 18.4 Å². The largest absolute Gasteiger partial charge is 0.465 e. The first-order chi connectivity index (χ1) is 11.7. The van der Waals surface area contributed by atoms with Crippen molar-refractivity contribution in [1.82, 2.24) is 8.87 Å². The number of hydrogen-bond donors (Lipinski definition) is 0. The maximum atomic E-state index is 12.1. The van der Waals surface area contributed by atoms with Crippen molar-refractivity contribution in [3.8, 4) is 0 Å². The molecule has 1 aromatic carbocycles. The Morgan fingerprint density at radius 1 is 1.32 bits per heavy atom. The predicted octanol–water partition coefficient (Wildman–Crippen LogP) is 0.585. The number of carbonyl (C=O) groups excluding carboxylic acids is 2. The van der Waals surface area contributed by atoms with Crippen molar-refractivity contribution in [3.05, 3.63) is 29.1 Å². The first-order valence-corrected chi connectivity index (χ1v) is 10.1. The number of carbonyl (C=O) groups is 2. The molecule has 0 spiro atoms. The van der Waals surface area contributed by atoms with Gasteiger partial charge in [0.15, 0.2) is 4.80 Å². The van der Waals surface area contributed by atoms with Crippen molar-refractivity contribution >= 4 is 43.5 Å². The number of likely N-dealkylation sites (N-methyl/N-ethyl adjacent to an activating group) is 1. The molecule has 0 aliphatic carbocycles. The summed E-state index contributed by atoms with van der Waals surface area (Å²) in [6, 6.07) is 7.33. The molecule has 0 atom stereocenters. The Balaban J connectivity index is 2.42. The molecular weight excluding hydrogens is 366 g/mol. The molecule has 1 aromatic heterocycles. The quantitative estimate of drug-likeness (QED) is 0.678. The summed E-state index contributed by atoms with van der Waals surface area (Å²) in [5, 5.41) is 0. The van der Waals surface area contributed by atoms with Gasteiger partial charge >= 0.3 is 5.97 Å². The molecule has 1 heterocycles. The molecule has 0 bridgehead atoms. The Kier molecular flexibility index (Phi) is 6.09. The Morgan fingerprint density at radius 2 is 2.00 bits per heavy atom. The van der Waals surface area contributed by atoms with Crippen molar-refractivity contribution in [1.29, 1.82) is 0 Å². The molecule has 0 saturated carbocycles. The monoisotopic (exact) mass is 385 g/mol. The van der Waals surface area contributed by atoms with Crippen LogP contribution in [0.15, 0.2) is 29.3 Å². The first kappa shape index (κ1) is 19.3. The number of para-hydroxylation sites is 1. The van der Waals surface area contributed by atoms with Gasteiger partial charge in [-0.15, -0.1) is 0 Å². The number of rotatable bonds is 6. The van der Waals surface area contributed by atoms with Gasteiger partial charge in [-0.2, -0.15) is 9.30 Å². The Bertz CT molecular complexity index is 959. The van der Waals surface area contributed by atoms with Gasteiger partial charge in [0.25, 0.3) is 5.91 Å². The molecule has 0 fully saturated rings. The molecular formula is C15H19N3O5S2. The first-order valence-electron chi connectivity index (χ1n) is 7.45. The fourth-order valence-electron chi connectivity index (χ4n) is 2.04. The highest BCUT2D eigenvalue weighted by Crippen LogP contribution is 2.16. The highest BCUT2D eigenvalue weighted by Gasteiger charge is 2.16. The van der Waals surface area contributed by atoms with Gasteiger partial charge in [-0.25, -0.2) is 8.42 Å². The minimum Gasteiger partial charge on any atom is -0.465 e. The number of aromatic nitrogens is 1. The molecule has 0 saturated heterocycles. The molecule has 1 amide bonds. The molecule has 2 rings (SSSR count). The number of fused-ring (bicyclic) bond motifs is 1. The van der Waals surface area contributed by atoms with Crippen LogP contribution >= 0.6 is 11.3 Å². The molecule has 136 valence electrons. The van der Waals surface area contributed by atoms with Gasteiger partial charge in [-0.05, 0) is 19.1 Å². The number of sulfonamides is 1.